The smallest absolute Gasteiger partial charge is 0.276 e. The lowest BCUT2D eigenvalue weighted by molar-refractivity contribution is -0.385. The Morgan fingerprint density at radius 3 is 2.42 bits per heavy atom. The van der Waals surface area contributed by atoms with E-state index in [1.54, 1.807) is 24.3 Å². The number of imidazole rings is 1. The van der Waals surface area contributed by atoms with Crippen molar-refractivity contribution in [3.05, 3.63) is 100 Å². The highest BCUT2D eigenvalue weighted by Crippen LogP contribution is 2.26. The van der Waals surface area contributed by atoms with Crippen LogP contribution in [0.3, 0.4) is 0 Å². The number of pyridine rings is 1. The Bertz CT molecular complexity index is 1110. The van der Waals surface area contributed by atoms with E-state index in [9.17, 15) is 10.1 Å². The van der Waals surface area contributed by atoms with Crippen LogP contribution >= 0.6 is 0 Å². The van der Waals surface area contributed by atoms with Crippen LogP contribution < -0.4 is 0 Å². The molecule has 2 aromatic heterocycles. The Balaban J connectivity index is 1.82. The molecule has 0 spiro atoms. The van der Waals surface area contributed by atoms with Gasteiger partial charge in [-0.3, -0.25) is 14.5 Å². The van der Waals surface area contributed by atoms with Crippen LogP contribution in [0.15, 0.2) is 79.0 Å². The fourth-order valence-electron chi connectivity index (χ4n) is 2.95. The summed E-state index contributed by atoms with van der Waals surface area (Å²) in [5.41, 5.74) is 3.52. The van der Waals surface area contributed by atoms with Gasteiger partial charge in [-0.25, -0.2) is 4.98 Å². The molecule has 0 fully saturated rings. The predicted molar refractivity (Wildman–Crippen MR) is 103 cm³/mol. The highest BCUT2D eigenvalue weighted by molar-refractivity contribution is 5.81. The van der Waals surface area contributed by atoms with Crippen molar-refractivity contribution in [1.82, 2.24) is 9.38 Å². The number of nitro groups is 1. The summed E-state index contributed by atoms with van der Waals surface area (Å²) in [7, 11) is 0. The predicted octanol–water partition coefficient (Wildman–Crippen LogP) is 5.08. The minimum Gasteiger partial charge on any atom is -0.300 e. The summed E-state index contributed by atoms with van der Waals surface area (Å²) in [4.78, 5) is 15.6. The lowest BCUT2D eigenvalue weighted by Gasteiger charge is -1.98. The molecule has 0 unspecified atom stereocenters. The van der Waals surface area contributed by atoms with Crippen LogP contribution in [0.25, 0.3) is 28.9 Å². The van der Waals surface area contributed by atoms with Crippen molar-refractivity contribution in [1.29, 1.82) is 0 Å². The van der Waals surface area contributed by atoms with Gasteiger partial charge in [0.25, 0.3) is 5.69 Å². The number of aromatic nitrogens is 2. The maximum absolute atomic E-state index is 11.2. The molecule has 0 aliphatic heterocycles. The molecular formula is C21H15N3O2. The van der Waals surface area contributed by atoms with Crippen LogP contribution in [-0.4, -0.2) is 14.3 Å². The summed E-state index contributed by atoms with van der Waals surface area (Å²) < 4.78 is 1.98. The lowest BCUT2D eigenvalue weighted by atomic mass is 10.1. The second-order valence-corrected chi connectivity index (χ2v) is 5.79. The van der Waals surface area contributed by atoms with E-state index < -0.39 is 0 Å². The standard InChI is InChI=1S/C21H15N3O2/c25-24(26)18-11-5-4-8-16(18)13-14-20-22-21(17-9-2-1-3-10-17)19-12-6-7-15-23(19)20/h1-15H/b14-13+. The van der Waals surface area contributed by atoms with Crippen LogP contribution in [0.2, 0.25) is 0 Å². The molecular weight excluding hydrogens is 326 g/mol. The van der Waals surface area contributed by atoms with Gasteiger partial charge in [-0.2, -0.15) is 0 Å². The first-order chi connectivity index (χ1) is 12.7. The first-order valence-corrected chi connectivity index (χ1v) is 8.18. The van der Waals surface area contributed by atoms with E-state index in [-0.39, 0.29) is 10.6 Å². The topological polar surface area (TPSA) is 60.4 Å². The lowest BCUT2D eigenvalue weighted by Crippen LogP contribution is -1.91. The highest BCUT2D eigenvalue weighted by atomic mass is 16.6. The Kier molecular flexibility index (Phi) is 4.03. The molecule has 0 saturated carbocycles. The van der Waals surface area contributed by atoms with Gasteiger partial charge in [0.2, 0.25) is 0 Å². The fraction of sp³-hybridized carbons (Fsp3) is 0. The number of hydrogen-bond donors (Lipinski definition) is 0. The van der Waals surface area contributed by atoms with Gasteiger partial charge in [-0.1, -0.05) is 48.5 Å². The number of fused-ring (bicyclic) bond motifs is 1. The van der Waals surface area contributed by atoms with E-state index in [2.05, 4.69) is 0 Å². The molecule has 0 N–H and O–H groups in total. The van der Waals surface area contributed by atoms with Crippen LogP contribution in [0.4, 0.5) is 5.69 Å². The molecule has 0 amide bonds. The Morgan fingerprint density at radius 2 is 1.62 bits per heavy atom. The van der Waals surface area contributed by atoms with Crippen LogP contribution in [0.5, 0.6) is 0 Å². The molecule has 0 bridgehead atoms. The zero-order valence-electron chi connectivity index (χ0n) is 13.8. The van der Waals surface area contributed by atoms with Crippen molar-refractivity contribution in [2.24, 2.45) is 0 Å². The van der Waals surface area contributed by atoms with Gasteiger partial charge < -0.3 is 0 Å². The van der Waals surface area contributed by atoms with Gasteiger partial charge in [0, 0.05) is 17.8 Å². The van der Waals surface area contributed by atoms with Crippen molar-refractivity contribution in [3.63, 3.8) is 0 Å². The summed E-state index contributed by atoms with van der Waals surface area (Å²) in [5, 5.41) is 11.2. The van der Waals surface area contributed by atoms with Crippen molar-refractivity contribution in [2.75, 3.05) is 0 Å². The Morgan fingerprint density at radius 1 is 0.885 bits per heavy atom. The van der Waals surface area contributed by atoms with E-state index in [0.717, 1.165) is 22.6 Å². The van der Waals surface area contributed by atoms with Crippen LogP contribution in [0.1, 0.15) is 11.4 Å². The zero-order chi connectivity index (χ0) is 17.9. The van der Waals surface area contributed by atoms with Crippen molar-refractivity contribution in [3.8, 4) is 11.3 Å². The SMILES string of the molecule is O=[N+]([O-])c1ccccc1/C=C/c1nc(-c2ccccc2)c2ccccn12. The normalized spacial score (nSPS) is 11.2. The second kappa shape index (κ2) is 6.64. The fourth-order valence-corrected chi connectivity index (χ4v) is 2.95. The second-order valence-electron chi connectivity index (χ2n) is 5.79. The largest absolute Gasteiger partial charge is 0.300 e. The first kappa shape index (κ1) is 15.8. The first-order valence-electron chi connectivity index (χ1n) is 8.18. The van der Waals surface area contributed by atoms with Crippen molar-refractivity contribution in [2.45, 2.75) is 0 Å². The monoisotopic (exact) mass is 341 g/mol. The van der Waals surface area contributed by atoms with E-state index in [4.69, 9.17) is 4.98 Å². The number of nitro benzene ring substituents is 1. The third-order valence-corrected chi connectivity index (χ3v) is 4.17. The maximum atomic E-state index is 11.2. The van der Waals surface area contributed by atoms with E-state index in [0.29, 0.717) is 5.56 Å². The number of rotatable bonds is 4. The summed E-state index contributed by atoms with van der Waals surface area (Å²) in [6.07, 6.45) is 5.48. The maximum Gasteiger partial charge on any atom is 0.276 e. The van der Waals surface area contributed by atoms with E-state index >= 15 is 0 Å². The molecule has 2 heterocycles. The molecule has 0 aliphatic carbocycles. The Labute approximate surface area is 150 Å². The molecule has 126 valence electrons. The molecule has 0 aliphatic rings. The van der Waals surface area contributed by atoms with Gasteiger partial charge in [0.15, 0.2) is 0 Å². The van der Waals surface area contributed by atoms with Crippen LogP contribution in [0, 0.1) is 10.1 Å². The zero-order valence-corrected chi connectivity index (χ0v) is 13.8. The van der Waals surface area contributed by atoms with E-state index in [1.807, 2.05) is 65.2 Å². The molecule has 0 atom stereocenters. The molecule has 4 rings (SSSR count). The molecule has 5 heteroatoms. The van der Waals surface area contributed by atoms with Crippen molar-refractivity contribution >= 4 is 23.4 Å². The molecule has 0 saturated heterocycles. The molecule has 5 nitrogen and oxygen atoms in total. The number of hydrogen-bond acceptors (Lipinski definition) is 3. The minimum atomic E-state index is -0.376. The van der Waals surface area contributed by atoms with Crippen molar-refractivity contribution < 1.29 is 4.92 Å². The van der Waals surface area contributed by atoms with Gasteiger partial charge in [-0.05, 0) is 30.4 Å². The van der Waals surface area contributed by atoms with Crippen LogP contribution in [-0.2, 0) is 0 Å². The van der Waals surface area contributed by atoms with Gasteiger partial charge in [0.05, 0.1) is 21.7 Å². The number of para-hydroxylation sites is 1. The quantitative estimate of drug-likeness (QED) is 0.384. The summed E-state index contributed by atoms with van der Waals surface area (Å²) in [6.45, 7) is 0. The molecule has 26 heavy (non-hydrogen) atoms. The number of nitrogens with zero attached hydrogens (tertiary/aromatic N) is 3. The molecule has 4 aromatic rings. The highest BCUT2D eigenvalue weighted by Gasteiger charge is 2.12. The summed E-state index contributed by atoms with van der Waals surface area (Å²) in [6, 6.07) is 22.6. The average Bonchev–Trinajstić information content (AvgIpc) is 3.06. The van der Waals surface area contributed by atoms with E-state index in [1.165, 1.54) is 6.07 Å². The summed E-state index contributed by atoms with van der Waals surface area (Å²) in [5.74, 6) is 0.720. The van der Waals surface area contributed by atoms with Gasteiger partial charge >= 0.3 is 0 Å². The third kappa shape index (κ3) is 2.86. The third-order valence-electron chi connectivity index (χ3n) is 4.17. The van der Waals surface area contributed by atoms with Gasteiger partial charge in [0.1, 0.15) is 5.82 Å². The Hall–Kier alpha value is -3.73. The van der Waals surface area contributed by atoms with Gasteiger partial charge in [-0.15, -0.1) is 0 Å². The molecule has 0 radical (unpaired) electrons. The minimum absolute atomic E-state index is 0.0768. The average molecular weight is 341 g/mol. The summed E-state index contributed by atoms with van der Waals surface area (Å²) >= 11 is 0. The number of benzene rings is 2. The molecule has 2 aromatic carbocycles.